The summed E-state index contributed by atoms with van der Waals surface area (Å²) in [5.41, 5.74) is 1.23. The first-order chi connectivity index (χ1) is 11.6. The average molecular weight is 333 g/mol. The molecular formula is C18H21F2N3O. The van der Waals surface area contributed by atoms with Crippen molar-refractivity contribution in [3.05, 3.63) is 53.9 Å². The molecule has 1 atom stereocenters. The highest BCUT2D eigenvalue weighted by atomic mass is 19.3. The van der Waals surface area contributed by atoms with Crippen LogP contribution in [0.5, 0.6) is 0 Å². The average Bonchev–Trinajstić information content (AvgIpc) is 3.28. The van der Waals surface area contributed by atoms with E-state index in [2.05, 4.69) is 22.5 Å². The Morgan fingerprint density at radius 3 is 2.54 bits per heavy atom. The number of hydrogen-bond donors (Lipinski definition) is 1. The number of amides is 1. The van der Waals surface area contributed by atoms with Crippen molar-refractivity contribution in [2.45, 2.75) is 38.2 Å². The number of halogens is 2. The van der Waals surface area contributed by atoms with Gasteiger partial charge in [-0.3, -0.25) is 4.79 Å². The summed E-state index contributed by atoms with van der Waals surface area (Å²) in [5.74, 6) is 0.384. The molecule has 1 heterocycles. The fraction of sp³-hybridized carbons (Fsp3) is 0.444. The number of benzene rings is 1. The van der Waals surface area contributed by atoms with E-state index in [0.717, 1.165) is 19.0 Å². The van der Waals surface area contributed by atoms with E-state index in [1.54, 1.807) is 0 Å². The number of hydrogen-bond acceptors (Lipinski definition) is 2. The number of carbonyl (C=O) groups excluding carboxylic acids is 1. The van der Waals surface area contributed by atoms with E-state index in [4.69, 9.17) is 0 Å². The highest BCUT2D eigenvalue weighted by molar-refractivity contribution is 5.92. The van der Waals surface area contributed by atoms with Gasteiger partial charge < -0.3 is 5.32 Å². The molecule has 1 saturated carbocycles. The van der Waals surface area contributed by atoms with Crippen molar-refractivity contribution in [2.24, 2.45) is 5.92 Å². The molecule has 1 aromatic carbocycles. The molecule has 1 N–H and O–H groups in total. The van der Waals surface area contributed by atoms with E-state index in [9.17, 15) is 13.6 Å². The molecule has 0 saturated heterocycles. The van der Waals surface area contributed by atoms with Gasteiger partial charge in [0.25, 0.3) is 5.91 Å². The minimum Gasteiger partial charge on any atom is -0.350 e. The zero-order chi connectivity index (χ0) is 16.9. The van der Waals surface area contributed by atoms with Gasteiger partial charge in [0.15, 0.2) is 0 Å². The molecule has 0 spiro atoms. The lowest BCUT2D eigenvalue weighted by molar-refractivity contribution is 0.0560. The normalized spacial score (nSPS) is 16.5. The summed E-state index contributed by atoms with van der Waals surface area (Å²) < 4.78 is 25.6. The zero-order valence-electron chi connectivity index (χ0n) is 13.4. The summed E-state index contributed by atoms with van der Waals surface area (Å²) in [5, 5.41) is 6.48. The molecule has 1 aliphatic rings. The van der Waals surface area contributed by atoms with Crippen LogP contribution in [0.4, 0.5) is 8.78 Å². The lowest BCUT2D eigenvalue weighted by Crippen LogP contribution is -2.31. The summed E-state index contributed by atoms with van der Waals surface area (Å²) in [4.78, 5) is 12.2. The van der Waals surface area contributed by atoms with Gasteiger partial charge in [-0.25, -0.2) is 4.68 Å². The first-order valence-electron chi connectivity index (χ1n) is 8.31. The van der Waals surface area contributed by atoms with Gasteiger partial charge in [0, 0.05) is 18.7 Å². The number of alkyl halides is 2. The topological polar surface area (TPSA) is 46.9 Å². The van der Waals surface area contributed by atoms with Crippen molar-refractivity contribution in [1.29, 1.82) is 0 Å². The van der Waals surface area contributed by atoms with Crippen LogP contribution in [0.1, 0.15) is 54.2 Å². The highest BCUT2D eigenvalue weighted by Crippen LogP contribution is 2.36. The van der Waals surface area contributed by atoms with Crippen LogP contribution in [0.2, 0.25) is 0 Å². The molecule has 1 aliphatic carbocycles. The molecule has 1 aromatic heterocycles. The summed E-state index contributed by atoms with van der Waals surface area (Å²) in [7, 11) is 0. The molecule has 1 amide bonds. The second kappa shape index (κ2) is 7.55. The van der Waals surface area contributed by atoms with Crippen molar-refractivity contribution >= 4 is 5.91 Å². The van der Waals surface area contributed by atoms with Crippen LogP contribution in [0.25, 0.3) is 0 Å². The van der Waals surface area contributed by atoms with Crippen molar-refractivity contribution in [1.82, 2.24) is 15.1 Å². The van der Waals surface area contributed by atoms with Gasteiger partial charge in [-0.15, -0.1) is 0 Å². The number of carbonyl (C=O) groups is 1. The fourth-order valence-electron chi connectivity index (χ4n) is 3.48. The van der Waals surface area contributed by atoms with E-state index >= 15 is 0 Å². The molecule has 1 fully saturated rings. The summed E-state index contributed by atoms with van der Waals surface area (Å²) in [6.45, 7) is -2.24. The fourth-order valence-corrected chi connectivity index (χ4v) is 3.48. The standard InChI is InChI=1S/C18H21F2N3O/c19-18(20)23-11-10-16(22-23)17(24)21-12-15(14-8-4-5-9-14)13-6-2-1-3-7-13/h1-3,6-7,10-11,14-15,18H,4-5,8-9,12H2,(H,21,24). The molecule has 24 heavy (non-hydrogen) atoms. The maximum absolute atomic E-state index is 12.6. The zero-order valence-corrected chi connectivity index (χ0v) is 13.4. The lowest BCUT2D eigenvalue weighted by atomic mass is 9.85. The van der Waals surface area contributed by atoms with Crippen molar-refractivity contribution in [3.8, 4) is 0 Å². The third-order valence-corrected chi connectivity index (χ3v) is 4.72. The Morgan fingerprint density at radius 2 is 1.92 bits per heavy atom. The van der Waals surface area contributed by atoms with Crippen molar-refractivity contribution in [3.63, 3.8) is 0 Å². The maximum atomic E-state index is 12.6. The molecule has 0 radical (unpaired) electrons. The highest BCUT2D eigenvalue weighted by Gasteiger charge is 2.27. The molecule has 3 rings (SSSR count). The Labute approximate surface area is 139 Å². The quantitative estimate of drug-likeness (QED) is 0.869. The third kappa shape index (κ3) is 3.80. The summed E-state index contributed by atoms with van der Waals surface area (Å²) in [6, 6.07) is 11.5. The van der Waals surface area contributed by atoms with Gasteiger partial charge in [-0.05, 0) is 30.4 Å². The largest absolute Gasteiger partial charge is 0.350 e. The van der Waals surface area contributed by atoms with Crippen LogP contribution in [-0.4, -0.2) is 22.2 Å². The molecule has 4 nitrogen and oxygen atoms in total. The van der Waals surface area contributed by atoms with Crippen LogP contribution in [0.3, 0.4) is 0 Å². The van der Waals surface area contributed by atoms with Crippen LogP contribution >= 0.6 is 0 Å². The van der Waals surface area contributed by atoms with E-state index < -0.39 is 12.5 Å². The molecule has 0 aliphatic heterocycles. The molecule has 6 heteroatoms. The van der Waals surface area contributed by atoms with Gasteiger partial charge in [-0.1, -0.05) is 43.2 Å². The monoisotopic (exact) mass is 333 g/mol. The van der Waals surface area contributed by atoms with E-state index in [0.29, 0.717) is 17.1 Å². The summed E-state index contributed by atoms with van der Waals surface area (Å²) >= 11 is 0. The van der Waals surface area contributed by atoms with E-state index in [1.807, 2.05) is 18.2 Å². The Morgan fingerprint density at radius 1 is 1.21 bits per heavy atom. The van der Waals surface area contributed by atoms with Gasteiger partial charge in [-0.2, -0.15) is 13.9 Å². The van der Waals surface area contributed by atoms with Gasteiger partial charge in [0.05, 0.1) is 0 Å². The molecule has 0 bridgehead atoms. The van der Waals surface area contributed by atoms with E-state index in [-0.39, 0.29) is 11.6 Å². The van der Waals surface area contributed by atoms with Crippen LogP contribution in [0, 0.1) is 5.92 Å². The minimum atomic E-state index is -2.73. The first kappa shape index (κ1) is 16.6. The van der Waals surface area contributed by atoms with Crippen molar-refractivity contribution < 1.29 is 13.6 Å². The number of rotatable bonds is 6. The van der Waals surface area contributed by atoms with Crippen LogP contribution in [0.15, 0.2) is 42.6 Å². The summed E-state index contributed by atoms with van der Waals surface area (Å²) in [6.07, 6.45) is 5.89. The molecule has 2 aromatic rings. The Kier molecular flexibility index (Phi) is 5.23. The van der Waals surface area contributed by atoms with Crippen molar-refractivity contribution in [2.75, 3.05) is 6.54 Å². The van der Waals surface area contributed by atoms with E-state index in [1.165, 1.54) is 24.5 Å². The predicted molar refractivity (Wildman–Crippen MR) is 87.0 cm³/mol. The number of aromatic nitrogens is 2. The van der Waals surface area contributed by atoms with Crippen LogP contribution < -0.4 is 5.32 Å². The predicted octanol–water partition coefficient (Wildman–Crippen LogP) is 3.98. The Hall–Kier alpha value is -2.24. The molecule has 1 unspecified atom stereocenters. The SMILES string of the molecule is O=C(NCC(c1ccccc1)C1CCCC1)c1ccn(C(F)F)n1. The second-order valence-corrected chi connectivity index (χ2v) is 6.23. The maximum Gasteiger partial charge on any atom is 0.333 e. The molecule has 128 valence electrons. The third-order valence-electron chi connectivity index (χ3n) is 4.72. The Bertz CT molecular complexity index is 666. The van der Waals surface area contributed by atoms with Crippen LogP contribution in [-0.2, 0) is 0 Å². The Balaban J connectivity index is 1.67. The molecular weight excluding hydrogens is 312 g/mol. The van der Waals surface area contributed by atoms with Gasteiger partial charge in [0.2, 0.25) is 0 Å². The van der Waals surface area contributed by atoms with Gasteiger partial charge >= 0.3 is 6.55 Å². The first-order valence-corrected chi connectivity index (χ1v) is 8.31. The minimum absolute atomic E-state index is 0.0218. The lowest BCUT2D eigenvalue weighted by Gasteiger charge is -2.24. The number of nitrogens with one attached hydrogen (secondary N) is 1. The van der Waals surface area contributed by atoms with Gasteiger partial charge in [0.1, 0.15) is 5.69 Å². The number of nitrogens with zero attached hydrogens (tertiary/aromatic N) is 2. The second-order valence-electron chi connectivity index (χ2n) is 6.23. The smallest absolute Gasteiger partial charge is 0.333 e.